The first-order valence-corrected chi connectivity index (χ1v) is 5.97. The predicted molar refractivity (Wildman–Crippen MR) is 63.4 cm³/mol. The first-order valence-electron chi connectivity index (χ1n) is 5.97. The van der Waals surface area contributed by atoms with Crippen LogP contribution in [0.5, 0.6) is 0 Å². The number of carboxylic acid groups (broad SMARTS) is 1. The topological polar surface area (TPSA) is 37.3 Å². The maximum Gasteiger partial charge on any atom is 0.309 e. The number of carbonyl (C=O) groups is 1. The van der Waals surface area contributed by atoms with Crippen molar-refractivity contribution in [3.8, 4) is 0 Å². The maximum atomic E-state index is 11.1. The highest BCUT2D eigenvalue weighted by Gasteiger charge is 2.49. The first kappa shape index (κ1) is 11.2. The second kappa shape index (κ2) is 4.28. The standard InChI is InChI=1S/C14H18O2/c1-2-3-11-4-6-12(7-5-11)10-14(8-9-14)13(15)16/h4-7H,2-3,8-10H2,1H3,(H,15,16). The van der Waals surface area contributed by atoms with Crippen LogP contribution in [0.2, 0.25) is 0 Å². The van der Waals surface area contributed by atoms with Crippen molar-refractivity contribution in [3.63, 3.8) is 0 Å². The van der Waals surface area contributed by atoms with Crippen LogP contribution in [0.3, 0.4) is 0 Å². The van der Waals surface area contributed by atoms with Gasteiger partial charge in [-0.3, -0.25) is 4.79 Å². The van der Waals surface area contributed by atoms with E-state index in [9.17, 15) is 4.79 Å². The Kier molecular flexibility index (Phi) is 2.99. The molecule has 0 amide bonds. The highest BCUT2D eigenvalue weighted by molar-refractivity contribution is 5.78. The van der Waals surface area contributed by atoms with Crippen molar-refractivity contribution < 1.29 is 9.90 Å². The summed E-state index contributed by atoms with van der Waals surface area (Å²) in [6.45, 7) is 2.16. The molecule has 1 fully saturated rings. The van der Waals surface area contributed by atoms with Crippen molar-refractivity contribution in [1.29, 1.82) is 0 Å². The fraction of sp³-hybridized carbons (Fsp3) is 0.500. The number of rotatable bonds is 5. The summed E-state index contributed by atoms with van der Waals surface area (Å²) in [4.78, 5) is 11.1. The number of benzene rings is 1. The van der Waals surface area contributed by atoms with Crippen LogP contribution < -0.4 is 0 Å². The zero-order chi connectivity index (χ0) is 11.6. The van der Waals surface area contributed by atoms with Crippen molar-refractivity contribution in [2.75, 3.05) is 0 Å². The Balaban J connectivity index is 2.03. The van der Waals surface area contributed by atoms with Crippen molar-refractivity contribution in [1.82, 2.24) is 0 Å². The van der Waals surface area contributed by atoms with Crippen LogP contribution in [0.4, 0.5) is 0 Å². The van der Waals surface area contributed by atoms with Crippen molar-refractivity contribution in [3.05, 3.63) is 35.4 Å². The monoisotopic (exact) mass is 218 g/mol. The van der Waals surface area contributed by atoms with Gasteiger partial charge in [0, 0.05) is 0 Å². The molecule has 1 aliphatic rings. The molecule has 16 heavy (non-hydrogen) atoms. The van der Waals surface area contributed by atoms with E-state index in [1.54, 1.807) is 0 Å². The van der Waals surface area contributed by atoms with Crippen molar-refractivity contribution in [2.45, 2.75) is 39.0 Å². The Morgan fingerprint density at radius 2 is 1.81 bits per heavy atom. The molecule has 1 aromatic carbocycles. The lowest BCUT2D eigenvalue weighted by Gasteiger charge is -2.09. The summed E-state index contributed by atoms with van der Waals surface area (Å²) in [7, 11) is 0. The molecule has 0 heterocycles. The van der Waals surface area contributed by atoms with Gasteiger partial charge in [-0.05, 0) is 36.8 Å². The van der Waals surface area contributed by atoms with Crippen LogP contribution in [0.15, 0.2) is 24.3 Å². The van der Waals surface area contributed by atoms with Gasteiger partial charge in [-0.2, -0.15) is 0 Å². The lowest BCUT2D eigenvalue weighted by Crippen LogP contribution is -2.17. The number of aliphatic carboxylic acids is 1. The molecule has 0 saturated heterocycles. The van der Waals surface area contributed by atoms with E-state index in [0.29, 0.717) is 6.42 Å². The Bertz CT molecular complexity index is 374. The zero-order valence-electron chi connectivity index (χ0n) is 9.70. The summed E-state index contributed by atoms with van der Waals surface area (Å²) in [5, 5.41) is 9.10. The Morgan fingerprint density at radius 3 is 2.25 bits per heavy atom. The lowest BCUT2D eigenvalue weighted by atomic mass is 9.95. The third-order valence-electron chi connectivity index (χ3n) is 3.41. The second-order valence-corrected chi connectivity index (χ2v) is 4.83. The summed E-state index contributed by atoms with van der Waals surface area (Å²) >= 11 is 0. The van der Waals surface area contributed by atoms with Crippen LogP contribution in [-0.4, -0.2) is 11.1 Å². The minimum absolute atomic E-state index is 0.438. The van der Waals surface area contributed by atoms with E-state index in [4.69, 9.17) is 5.11 Å². The molecule has 0 aromatic heterocycles. The van der Waals surface area contributed by atoms with E-state index in [1.807, 2.05) is 0 Å². The molecular formula is C14H18O2. The molecule has 0 bridgehead atoms. The van der Waals surface area contributed by atoms with Gasteiger partial charge < -0.3 is 5.11 Å². The number of hydrogen-bond donors (Lipinski definition) is 1. The van der Waals surface area contributed by atoms with Gasteiger partial charge in [0.15, 0.2) is 0 Å². The van der Waals surface area contributed by atoms with Gasteiger partial charge in [0.1, 0.15) is 0 Å². The molecule has 0 radical (unpaired) electrons. The molecule has 0 atom stereocenters. The largest absolute Gasteiger partial charge is 0.481 e. The SMILES string of the molecule is CCCc1ccc(CC2(C(=O)O)CC2)cc1. The molecule has 2 nitrogen and oxygen atoms in total. The van der Waals surface area contributed by atoms with Crippen LogP contribution in [0.25, 0.3) is 0 Å². The van der Waals surface area contributed by atoms with E-state index < -0.39 is 11.4 Å². The van der Waals surface area contributed by atoms with Gasteiger partial charge in [-0.15, -0.1) is 0 Å². The molecule has 1 aromatic rings. The average Bonchev–Trinajstić information content (AvgIpc) is 3.03. The number of aryl methyl sites for hydroxylation is 1. The molecule has 0 unspecified atom stereocenters. The van der Waals surface area contributed by atoms with Crippen molar-refractivity contribution >= 4 is 5.97 Å². The van der Waals surface area contributed by atoms with Crippen LogP contribution in [0, 0.1) is 5.41 Å². The molecule has 2 heteroatoms. The molecule has 86 valence electrons. The molecule has 2 rings (SSSR count). The van der Waals surface area contributed by atoms with E-state index in [0.717, 1.165) is 31.2 Å². The number of hydrogen-bond acceptors (Lipinski definition) is 1. The molecular weight excluding hydrogens is 200 g/mol. The molecule has 1 saturated carbocycles. The Hall–Kier alpha value is -1.31. The maximum absolute atomic E-state index is 11.1. The van der Waals surface area contributed by atoms with Gasteiger partial charge in [-0.25, -0.2) is 0 Å². The van der Waals surface area contributed by atoms with E-state index >= 15 is 0 Å². The summed E-state index contributed by atoms with van der Waals surface area (Å²) in [5.74, 6) is -0.634. The minimum Gasteiger partial charge on any atom is -0.481 e. The third kappa shape index (κ3) is 2.26. The summed E-state index contributed by atoms with van der Waals surface area (Å²) in [6.07, 6.45) is 4.61. The average molecular weight is 218 g/mol. The molecule has 1 aliphatic carbocycles. The van der Waals surface area contributed by atoms with Crippen molar-refractivity contribution in [2.24, 2.45) is 5.41 Å². The van der Waals surface area contributed by atoms with E-state index in [-0.39, 0.29) is 0 Å². The van der Waals surface area contributed by atoms with Crippen LogP contribution in [0.1, 0.15) is 37.3 Å². The zero-order valence-corrected chi connectivity index (χ0v) is 9.70. The third-order valence-corrected chi connectivity index (χ3v) is 3.41. The Labute approximate surface area is 96.3 Å². The van der Waals surface area contributed by atoms with Gasteiger partial charge in [-0.1, -0.05) is 37.6 Å². The smallest absolute Gasteiger partial charge is 0.309 e. The van der Waals surface area contributed by atoms with Gasteiger partial charge in [0.2, 0.25) is 0 Å². The Morgan fingerprint density at radius 1 is 1.25 bits per heavy atom. The minimum atomic E-state index is -0.634. The quantitative estimate of drug-likeness (QED) is 0.824. The van der Waals surface area contributed by atoms with Gasteiger partial charge in [0.05, 0.1) is 5.41 Å². The molecule has 1 N–H and O–H groups in total. The highest BCUT2D eigenvalue weighted by atomic mass is 16.4. The van der Waals surface area contributed by atoms with Gasteiger partial charge in [0.25, 0.3) is 0 Å². The van der Waals surface area contributed by atoms with Crippen LogP contribution >= 0.6 is 0 Å². The van der Waals surface area contributed by atoms with Gasteiger partial charge >= 0.3 is 5.97 Å². The normalized spacial score (nSPS) is 17.1. The summed E-state index contributed by atoms with van der Waals surface area (Å²) < 4.78 is 0. The summed E-state index contributed by atoms with van der Waals surface area (Å²) in [6, 6.07) is 8.40. The second-order valence-electron chi connectivity index (χ2n) is 4.83. The summed E-state index contributed by atoms with van der Waals surface area (Å²) in [5.41, 5.74) is 2.05. The first-order chi connectivity index (χ1) is 7.66. The molecule has 0 spiro atoms. The fourth-order valence-corrected chi connectivity index (χ4v) is 2.12. The highest BCUT2D eigenvalue weighted by Crippen LogP contribution is 2.48. The van der Waals surface area contributed by atoms with E-state index in [1.165, 1.54) is 5.56 Å². The van der Waals surface area contributed by atoms with E-state index in [2.05, 4.69) is 31.2 Å². The number of carboxylic acids is 1. The van der Waals surface area contributed by atoms with Crippen LogP contribution in [-0.2, 0) is 17.6 Å². The molecule has 0 aliphatic heterocycles. The lowest BCUT2D eigenvalue weighted by molar-refractivity contribution is -0.143. The fourth-order valence-electron chi connectivity index (χ4n) is 2.12. The predicted octanol–water partition coefficient (Wildman–Crippen LogP) is 3.05.